The van der Waals surface area contributed by atoms with Crippen molar-refractivity contribution < 1.29 is 4.79 Å². The van der Waals surface area contributed by atoms with E-state index in [1.54, 1.807) is 0 Å². The summed E-state index contributed by atoms with van der Waals surface area (Å²) in [7, 11) is 1.84. The zero-order chi connectivity index (χ0) is 18.0. The first-order chi connectivity index (χ1) is 12.7. The average molecular weight is 358 g/mol. The fourth-order valence-corrected chi connectivity index (χ4v) is 4.66. The highest BCUT2D eigenvalue weighted by Crippen LogP contribution is 2.35. The number of rotatable bonds is 3. The number of fused-ring (bicyclic) bond motifs is 1. The molecule has 1 atom stereocenters. The third-order valence-corrected chi connectivity index (χ3v) is 5.99. The van der Waals surface area contributed by atoms with E-state index in [1.807, 2.05) is 7.05 Å². The van der Waals surface area contributed by atoms with Gasteiger partial charge in [0.25, 0.3) is 0 Å². The molecule has 2 fully saturated rings. The van der Waals surface area contributed by atoms with Gasteiger partial charge < -0.3 is 20.1 Å². The minimum Gasteiger partial charge on any atom is -0.356 e. The maximum Gasteiger partial charge on any atom is 0.220 e. The Labute approximate surface area is 155 Å². The standard InChI is InChI=1S/C19H30N6O/c1-20-18(25-10-4-7-19(14-25)11-17(26)22-13-19)21-8-6-15-12-24-9-3-2-5-16(24)23-15/h12H,2-11,13-14H2,1H3,(H,20,21)(H,22,26). The third kappa shape index (κ3) is 3.57. The summed E-state index contributed by atoms with van der Waals surface area (Å²) in [4.78, 5) is 23.3. The second-order valence-corrected chi connectivity index (χ2v) is 8.00. The number of imidazole rings is 1. The Morgan fingerprint density at radius 2 is 2.31 bits per heavy atom. The first-order valence-corrected chi connectivity index (χ1v) is 9.95. The predicted molar refractivity (Wildman–Crippen MR) is 101 cm³/mol. The van der Waals surface area contributed by atoms with E-state index < -0.39 is 0 Å². The van der Waals surface area contributed by atoms with Gasteiger partial charge >= 0.3 is 0 Å². The number of carbonyl (C=O) groups is 1. The molecule has 0 aromatic carbocycles. The molecule has 1 aromatic rings. The highest BCUT2D eigenvalue weighted by Gasteiger charge is 2.42. The van der Waals surface area contributed by atoms with Crippen molar-refractivity contribution in [2.24, 2.45) is 10.4 Å². The van der Waals surface area contributed by atoms with Crippen LogP contribution in [0, 0.1) is 5.41 Å². The first-order valence-electron chi connectivity index (χ1n) is 9.95. The van der Waals surface area contributed by atoms with Crippen molar-refractivity contribution in [1.29, 1.82) is 0 Å². The number of aliphatic imine (C=N–C) groups is 1. The van der Waals surface area contributed by atoms with Crippen LogP contribution < -0.4 is 10.6 Å². The molecule has 0 bridgehead atoms. The van der Waals surface area contributed by atoms with Gasteiger partial charge in [-0.25, -0.2) is 4.98 Å². The molecule has 0 saturated carbocycles. The lowest BCUT2D eigenvalue weighted by molar-refractivity contribution is -0.119. The Morgan fingerprint density at radius 1 is 1.38 bits per heavy atom. The maximum absolute atomic E-state index is 11.7. The van der Waals surface area contributed by atoms with Gasteiger partial charge in [0.2, 0.25) is 5.91 Å². The second kappa shape index (κ2) is 7.29. The van der Waals surface area contributed by atoms with Gasteiger partial charge in [0.05, 0.1) is 5.69 Å². The number of likely N-dealkylation sites (tertiary alicyclic amines) is 1. The highest BCUT2D eigenvalue weighted by atomic mass is 16.1. The van der Waals surface area contributed by atoms with Crippen LogP contribution in [0.1, 0.15) is 43.6 Å². The van der Waals surface area contributed by atoms with E-state index in [1.165, 1.54) is 24.4 Å². The molecular formula is C19H30N6O. The monoisotopic (exact) mass is 358 g/mol. The topological polar surface area (TPSA) is 74.6 Å². The van der Waals surface area contributed by atoms with E-state index in [9.17, 15) is 4.79 Å². The summed E-state index contributed by atoms with van der Waals surface area (Å²) in [5.74, 6) is 2.39. The molecule has 1 aromatic heterocycles. The van der Waals surface area contributed by atoms with Crippen molar-refractivity contribution in [2.75, 3.05) is 33.2 Å². The molecule has 7 nitrogen and oxygen atoms in total. The Kier molecular flexibility index (Phi) is 4.87. The number of nitrogens with one attached hydrogen (secondary N) is 2. The highest BCUT2D eigenvalue weighted by molar-refractivity contribution is 5.81. The zero-order valence-electron chi connectivity index (χ0n) is 15.8. The molecule has 0 aliphatic carbocycles. The summed E-state index contributed by atoms with van der Waals surface area (Å²) in [6.07, 6.45) is 9.65. The molecule has 7 heteroatoms. The largest absolute Gasteiger partial charge is 0.356 e. The minimum absolute atomic E-state index is 0.0931. The van der Waals surface area contributed by atoms with E-state index in [4.69, 9.17) is 4.98 Å². The Hall–Kier alpha value is -2.05. The van der Waals surface area contributed by atoms with E-state index in [-0.39, 0.29) is 11.3 Å². The van der Waals surface area contributed by atoms with E-state index in [0.29, 0.717) is 6.42 Å². The van der Waals surface area contributed by atoms with Crippen LogP contribution in [-0.4, -0.2) is 59.5 Å². The van der Waals surface area contributed by atoms with Gasteiger partial charge in [0.1, 0.15) is 5.82 Å². The Balaban J connectivity index is 1.31. The molecule has 142 valence electrons. The van der Waals surface area contributed by atoms with Crippen LogP contribution in [0.25, 0.3) is 0 Å². The number of amides is 1. The summed E-state index contributed by atoms with van der Waals surface area (Å²) >= 11 is 0. The van der Waals surface area contributed by atoms with Crippen LogP contribution >= 0.6 is 0 Å². The van der Waals surface area contributed by atoms with Gasteiger partial charge in [-0.1, -0.05) is 0 Å². The normalized spacial score (nSPS) is 26.1. The SMILES string of the molecule is CN=C(NCCc1cn2c(n1)CCCC2)N1CCCC2(CNC(=O)C2)C1. The number of carbonyl (C=O) groups excluding carboxylic acids is 1. The molecule has 2 N–H and O–H groups in total. The average Bonchev–Trinajstić information content (AvgIpc) is 3.22. The number of aromatic nitrogens is 2. The molecule has 1 unspecified atom stereocenters. The summed E-state index contributed by atoms with van der Waals surface area (Å²) in [5, 5.41) is 6.52. The molecular weight excluding hydrogens is 328 g/mol. The van der Waals surface area contributed by atoms with Crippen LogP contribution in [-0.2, 0) is 24.2 Å². The number of piperidine rings is 1. The van der Waals surface area contributed by atoms with Gasteiger partial charge in [-0.2, -0.15) is 0 Å². The van der Waals surface area contributed by atoms with Crippen LogP contribution in [0.5, 0.6) is 0 Å². The van der Waals surface area contributed by atoms with Gasteiger partial charge in [0.15, 0.2) is 5.96 Å². The summed E-state index contributed by atoms with van der Waals surface area (Å²) in [5.41, 5.74) is 1.26. The summed E-state index contributed by atoms with van der Waals surface area (Å²) in [6, 6.07) is 0. The predicted octanol–water partition coefficient (Wildman–Crippen LogP) is 0.939. The molecule has 2 saturated heterocycles. The second-order valence-electron chi connectivity index (χ2n) is 8.00. The number of hydrogen-bond acceptors (Lipinski definition) is 3. The summed E-state index contributed by atoms with van der Waals surface area (Å²) < 4.78 is 2.31. The van der Waals surface area contributed by atoms with Gasteiger partial charge in [0, 0.05) is 70.6 Å². The van der Waals surface area contributed by atoms with Crippen LogP contribution in [0.3, 0.4) is 0 Å². The van der Waals surface area contributed by atoms with Gasteiger partial charge in [-0.15, -0.1) is 0 Å². The lowest BCUT2D eigenvalue weighted by atomic mass is 9.79. The number of nitrogens with zero attached hydrogens (tertiary/aromatic N) is 4. The number of aryl methyl sites for hydroxylation is 2. The molecule has 1 amide bonds. The van der Waals surface area contributed by atoms with Crippen LogP contribution in [0.4, 0.5) is 0 Å². The molecule has 0 radical (unpaired) electrons. The lowest BCUT2D eigenvalue weighted by Gasteiger charge is -2.40. The Morgan fingerprint density at radius 3 is 3.08 bits per heavy atom. The fraction of sp³-hybridized carbons (Fsp3) is 0.737. The first kappa shape index (κ1) is 17.4. The number of guanidine groups is 1. The van der Waals surface area contributed by atoms with Gasteiger partial charge in [-0.3, -0.25) is 9.79 Å². The molecule has 4 heterocycles. The molecule has 4 rings (SSSR count). The quantitative estimate of drug-likeness (QED) is 0.623. The van der Waals surface area contributed by atoms with Crippen molar-refractivity contribution in [1.82, 2.24) is 25.1 Å². The van der Waals surface area contributed by atoms with Crippen molar-refractivity contribution in [3.8, 4) is 0 Å². The van der Waals surface area contributed by atoms with E-state index in [0.717, 1.165) is 64.4 Å². The zero-order valence-corrected chi connectivity index (χ0v) is 15.8. The molecule has 3 aliphatic rings. The van der Waals surface area contributed by atoms with Crippen LogP contribution in [0.15, 0.2) is 11.2 Å². The van der Waals surface area contributed by atoms with Gasteiger partial charge in [-0.05, 0) is 25.7 Å². The lowest BCUT2D eigenvalue weighted by Crippen LogP contribution is -2.51. The Bertz CT molecular complexity index is 673. The van der Waals surface area contributed by atoms with Crippen molar-refractivity contribution in [3.05, 3.63) is 17.7 Å². The smallest absolute Gasteiger partial charge is 0.220 e. The third-order valence-electron chi connectivity index (χ3n) is 5.99. The van der Waals surface area contributed by atoms with Crippen molar-refractivity contribution in [2.45, 2.75) is 51.5 Å². The van der Waals surface area contributed by atoms with Crippen molar-refractivity contribution >= 4 is 11.9 Å². The maximum atomic E-state index is 11.7. The molecule has 1 spiro atoms. The van der Waals surface area contributed by atoms with Crippen molar-refractivity contribution in [3.63, 3.8) is 0 Å². The number of hydrogen-bond donors (Lipinski definition) is 2. The van der Waals surface area contributed by atoms with Crippen LogP contribution in [0.2, 0.25) is 0 Å². The molecule has 3 aliphatic heterocycles. The minimum atomic E-state index is 0.0931. The molecule has 26 heavy (non-hydrogen) atoms. The van der Waals surface area contributed by atoms with E-state index >= 15 is 0 Å². The summed E-state index contributed by atoms with van der Waals surface area (Å²) in [6.45, 7) is 4.67. The van der Waals surface area contributed by atoms with E-state index in [2.05, 4.69) is 31.3 Å². The fourth-order valence-electron chi connectivity index (χ4n) is 4.66.